The first-order valence-electron chi connectivity index (χ1n) is 7.33. The number of hydrogen-bond donors (Lipinski definition) is 2. The maximum absolute atomic E-state index is 12.7. The average molecular weight is 300 g/mol. The van der Waals surface area contributed by atoms with Gasteiger partial charge >= 0.3 is 0 Å². The number of benzene rings is 2. The third kappa shape index (κ3) is 2.53. The molecule has 0 unspecified atom stereocenters. The van der Waals surface area contributed by atoms with Crippen LogP contribution in [0, 0.1) is 0 Å². The van der Waals surface area contributed by atoms with Gasteiger partial charge in [0.25, 0.3) is 5.91 Å². The van der Waals surface area contributed by atoms with E-state index in [1.165, 1.54) is 0 Å². The second kappa shape index (κ2) is 5.59. The number of nitrogens with zero attached hydrogens (tertiary/aromatic N) is 2. The van der Waals surface area contributed by atoms with Crippen LogP contribution in [0.2, 0.25) is 0 Å². The molecular weight excluding hydrogens is 280 g/mol. The lowest BCUT2D eigenvalue weighted by Gasteiger charge is -2.21. The fourth-order valence-electron chi connectivity index (χ4n) is 3.01. The number of fused-ring (bicyclic) bond motifs is 1. The number of aromatic hydroxyl groups is 1. The van der Waals surface area contributed by atoms with Gasteiger partial charge in [0.2, 0.25) is 0 Å². The molecule has 5 nitrogen and oxygen atoms in total. The molecule has 1 saturated heterocycles. The Balaban J connectivity index is 1.91. The summed E-state index contributed by atoms with van der Waals surface area (Å²) in [6.45, 7) is 0.743. The van der Waals surface area contributed by atoms with Crippen molar-refractivity contribution in [3.63, 3.8) is 0 Å². The second-order valence-corrected chi connectivity index (χ2v) is 6.02. The predicted octanol–water partition coefficient (Wildman–Crippen LogP) is 1.29. The van der Waals surface area contributed by atoms with Crippen molar-refractivity contribution < 1.29 is 15.0 Å². The van der Waals surface area contributed by atoms with E-state index >= 15 is 0 Å². The predicted molar refractivity (Wildman–Crippen MR) is 85.0 cm³/mol. The highest BCUT2D eigenvalue weighted by Gasteiger charge is 2.36. The van der Waals surface area contributed by atoms with Gasteiger partial charge in [-0.2, -0.15) is 0 Å². The minimum absolute atomic E-state index is 0.0218. The lowest BCUT2D eigenvalue weighted by Crippen LogP contribution is -2.38. The molecule has 1 aliphatic rings. The van der Waals surface area contributed by atoms with Gasteiger partial charge < -0.3 is 20.0 Å². The van der Waals surface area contributed by atoms with Crippen molar-refractivity contribution in [3.05, 3.63) is 42.0 Å². The van der Waals surface area contributed by atoms with Crippen molar-refractivity contribution in [3.8, 4) is 5.75 Å². The van der Waals surface area contributed by atoms with Crippen LogP contribution in [0.3, 0.4) is 0 Å². The fourth-order valence-corrected chi connectivity index (χ4v) is 3.01. The van der Waals surface area contributed by atoms with E-state index in [1.807, 2.05) is 43.3 Å². The number of phenols is 1. The van der Waals surface area contributed by atoms with Gasteiger partial charge in [0.15, 0.2) is 0 Å². The fraction of sp³-hybridized carbons (Fsp3) is 0.353. The van der Waals surface area contributed by atoms with Gasteiger partial charge in [0, 0.05) is 13.1 Å². The summed E-state index contributed by atoms with van der Waals surface area (Å²) in [4.78, 5) is 16.2. The van der Waals surface area contributed by atoms with Crippen LogP contribution < -0.4 is 0 Å². The lowest BCUT2D eigenvalue weighted by atomic mass is 10.1. The zero-order chi connectivity index (χ0) is 15.9. The van der Waals surface area contributed by atoms with Crippen LogP contribution in [-0.4, -0.2) is 65.3 Å². The van der Waals surface area contributed by atoms with E-state index in [0.29, 0.717) is 6.54 Å². The van der Waals surface area contributed by atoms with Crippen LogP contribution in [0.1, 0.15) is 10.4 Å². The monoisotopic (exact) mass is 300 g/mol. The Morgan fingerprint density at radius 1 is 1.18 bits per heavy atom. The molecule has 2 aromatic carbocycles. The molecule has 22 heavy (non-hydrogen) atoms. The molecule has 1 heterocycles. The highest BCUT2D eigenvalue weighted by Crippen LogP contribution is 2.27. The number of hydrogen-bond acceptors (Lipinski definition) is 4. The largest absolute Gasteiger partial charge is 0.507 e. The summed E-state index contributed by atoms with van der Waals surface area (Å²) in [6.07, 6.45) is -0.568. The third-order valence-electron chi connectivity index (χ3n) is 4.30. The van der Waals surface area contributed by atoms with Gasteiger partial charge in [0.05, 0.1) is 17.7 Å². The lowest BCUT2D eigenvalue weighted by molar-refractivity contribution is 0.0761. The van der Waals surface area contributed by atoms with Gasteiger partial charge in [-0.3, -0.25) is 4.79 Å². The summed E-state index contributed by atoms with van der Waals surface area (Å²) < 4.78 is 0. The van der Waals surface area contributed by atoms with Crippen molar-refractivity contribution in [1.29, 1.82) is 0 Å². The molecule has 2 N–H and O–H groups in total. The topological polar surface area (TPSA) is 64.0 Å². The summed E-state index contributed by atoms with van der Waals surface area (Å²) in [5.74, 6) is -0.266. The van der Waals surface area contributed by atoms with E-state index in [0.717, 1.165) is 10.8 Å². The molecule has 0 radical (unpaired) electrons. The Labute approximate surface area is 129 Å². The summed E-state index contributed by atoms with van der Waals surface area (Å²) in [5, 5.41) is 22.0. The van der Waals surface area contributed by atoms with E-state index in [4.69, 9.17) is 0 Å². The molecule has 0 saturated carbocycles. The highest BCUT2D eigenvalue weighted by molar-refractivity contribution is 6.01. The van der Waals surface area contributed by atoms with Crippen molar-refractivity contribution in [2.75, 3.05) is 27.2 Å². The minimum atomic E-state index is -0.568. The van der Waals surface area contributed by atoms with Gasteiger partial charge in [-0.15, -0.1) is 0 Å². The molecule has 2 atom stereocenters. The summed E-state index contributed by atoms with van der Waals surface area (Å²) in [5.41, 5.74) is 0.283. The number of aliphatic hydroxyl groups is 1. The van der Waals surface area contributed by atoms with Crippen LogP contribution in [0.4, 0.5) is 0 Å². The van der Waals surface area contributed by atoms with Crippen molar-refractivity contribution in [1.82, 2.24) is 9.80 Å². The van der Waals surface area contributed by atoms with E-state index < -0.39 is 6.10 Å². The Morgan fingerprint density at radius 2 is 1.82 bits per heavy atom. The SMILES string of the molecule is CN(C)[C@H]1CN(C(=O)c2cc3ccccc3cc2O)C[C@@H]1O. The highest BCUT2D eigenvalue weighted by atomic mass is 16.3. The van der Waals surface area contributed by atoms with E-state index in [1.54, 1.807) is 17.0 Å². The molecule has 1 aliphatic heterocycles. The molecule has 3 rings (SSSR count). The molecule has 116 valence electrons. The Hall–Kier alpha value is -2.11. The number of carbonyl (C=O) groups excluding carboxylic acids is 1. The van der Waals surface area contributed by atoms with Crippen LogP contribution in [-0.2, 0) is 0 Å². The molecule has 2 aromatic rings. The zero-order valence-electron chi connectivity index (χ0n) is 12.7. The molecule has 1 fully saturated rings. The van der Waals surface area contributed by atoms with Crippen molar-refractivity contribution in [2.45, 2.75) is 12.1 Å². The maximum atomic E-state index is 12.7. The number of amides is 1. The van der Waals surface area contributed by atoms with Crippen LogP contribution in [0.15, 0.2) is 36.4 Å². The molecule has 0 aromatic heterocycles. The van der Waals surface area contributed by atoms with Crippen LogP contribution in [0.25, 0.3) is 10.8 Å². The first-order valence-corrected chi connectivity index (χ1v) is 7.33. The maximum Gasteiger partial charge on any atom is 0.257 e. The molecule has 1 amide bonds. The minimum Gasteiger partial charge on any atom is -0.507 e. The number of likely N-dealkylation sites (tertiary alicyclic amines) is 1. The number of carbonyl (C=O) groups is 1. The van der Waals surface area contributed by atoms with E-state index in [9.17, 15) is 15.0 Å². The summed E-state index contributed by atoms with van der Waals surface area (Å²) in [6, 6.07) is 10.8. The van der Waals surface area contributed by atoms with Crippen LogP contribution in [0.5, 0.6) is 5.75 Å². The second-order valence-electron chi connectivity index (χ2n) is 6.02. The Kier molecular flexibility index (Phi) is 3.76. The molecule has 5 heteroatoms. The number of phenolic OH excluding ortho intramolecular Hbond substituents is 1. The summed E-state index contributed by atoms with van der Waals surface area (Å²) >= 11 is 0. The van der Waals surface area contributed by atoms with E-state index in [2.05, 4.69) is 0 Å². The average Bonchev–Trinajstić information content (AvgIpc) is 2.88. The number of β-amino-alcohol motifs (C(OH)–C–C–N with tert-alkyl or cyclic N) is 1. The quantitative estimate of drug-likeness (QED) is 0.877. The number of rotatable bonds is 2. The first-order chi connectivity index (χ1) is 10.5. The zero-order valence-corrected chi connectivity index (χ0v) is 12.7. The van der Waals surface area contributed by atoms with Crippen molar-refractivity contribution >= 4 is 16.7 Å². The third-order valence-corrected chi connectivity index (χ3v) is 4.30. The Bertz CT molecular complexity index is 714. The Morgan fingerprint density at radius 3 is 2.41 bits per heavy atom. The van der Waals surface area contributed by atoms with Crippen LogP contribution >= 0.6 is 0 Å². The molecule has 0 bridgehead atoms. The van der Waals surface area contributed by atoms with Gasteiger partial charge in [0.1, 0.15) is 5.75 Å². The summed E-state index contributed by atoms with van der Waals surface area (Å²) in [7, 11) is 3.77. The molecular formula is C17H20N2O3. The normalized spacial score (nSPS) is 21.7. The molecule has 0 aliphatic carbocycles. The number of aliphatic hydroxyl groups excluding tert-OH is 1. The molecule has 0 spiro atoms. The smallest absolute Gasteiger partial charge is 0.257 e. The first kappa shape index (κ1) is 14.8. The van der Waals surface area contributed by atoms with Gasteiger partial charge in [-0.1, -0.05) is 24.3 Å². The standard InChI is InChI=1S/C17H20N2O3/c1-18(2)14-9-19(10-16(14)21)17(22)13-7-11-5-3-4-6-12(11)8-15(13)20/h3-8,14,16,20-21H,9-10H2,1-2H3/t14-,16-/m0/s1. The van der Waals surface area contributed by atoms with Gasteiger partial charge in [-0.05, 0) is 37.0 Å². The number of likely N-dealkylation sites (N-methyl/N-ethyl adjacent to an activating group) is 1. The van der Waals surface area contributed by atoms with Crippen molar-refractivity contribution in [2.24, 2.45) is 0 Å². The van der Waals surface area contributed by atoms with Gasteiger partial charge in [-0.25, -0.2) is 0 Å². The van der Waals surface area contributed by atoms with E-state index in [-0.39, 0.29) is 29.8 Å².